The minimum atomic E-state index is -0.236. The van der Waals surface area contributed by atoms with Crippen molar-refractivity contribution in [1.29, 1.82) is 0 Å². The summed E-state index contributed by atoms with van der Waals surface area (Å²) in [5, 5.41) is 3.44. The predicted octanol–water partition coefficient (Wildman–Crippen LogP) is 4.51. The molecule has 1 heterocycles. The van der Waals surface area contributed by atoms with Gasteiger partial charge in [0.15, 0.2) is 0 Å². The van der Waals surface area contributed by atoms with Gasteiger partial charge in [-0.2, -0.15) is 0 Å². The highest BCUT2D eigenvalue weighted by Crippen LogP contribution is 2.38. The van der Waals surface area contributed by atoms with Gasteiger partial charge in [0.1, 0.15) is 0 Å². The lowest BCUT2D eigenvalue weighted by atomic mass is 9.79. The van der Waals surface area contributed by atoms with E-state index in [4.69, 9.17) is 28.9 Å². The third-order valence-electron chi connectivity index (χ3n) is 3.16. The van der Waals surface area contributed by atoms with Gasteiger partial charge in [0.25, 0.3) is 0 Å². The molecule has 0 aliphatic heterocycles. The maximum atomic E-state index is 6.30. The highest BCUT2D eigenvalue weighted by atomic mass is 35.5. The molecule has 0 aliphatic carbocycles. The molecule has 4 heteroatoms. The zero-order valence-electron chi connectivity index (χ0n) is 10.1. The van der Waals surface area contributed by atoms with Crippen LogP contribution in [0, 0.1) is 0 Å². The molecule has 2 N–H and O–H groups in total. The van der Waals surface area contributed by atoms with E-state index >= 15 is 0 Å². The van der Waals surface area contributed by atoms with Crippen LogP contribution in [0.3, 0.4) is 0 Å². The van der Waals surface area contributed by atoms with Gasteiger partial charge >= 0.3 is 0 Å². The molecule has 0 saturated carbocycles. The largest absolute Gasteiger partial charge is 0.330 e. The average Bonchev–Trinajstić information content (AvgIpc) is 2.81. The number of hydrogen-bond donors (Lipinski definition) is 1. The summed E-state index contributed by atoms with van der Waals surface area (Å²) in [6.07, 6.45) is 0.852. The highest BCUT2D eigenvalue weighted by Gasteiger charge is 2.30. The Bertz CT molecular complexity index is 504. The molecule has 18 heavy (non-hydrogen) atoms. The van der Waals surface area contributed by atoms with Gasteiger partial charge in [-0.1, -0.05) is 42.3 Å². The van der Waals surface area contributed by atoms with Crippen molar-refractivity contribution in [2.45, 2.75) is 18.8 Å². The zero-order chi connectivity index (χ0) is 13.2. The number of hydrogen-bond acceptors (Lipinski definition) is 2. The van der Waals surface area contributed by atoms with E-state index in [0.29, 0.717) is 16.6 Å². The molecular formula is C14H15Cl2NS. The summed E-state index contributed by atoms with van der Waals surface area (Å²) in [5.74, 6) is 0. The van der Waals surface area contributed by atoms with Crippen molar-refractivity contribution in [3.63, 3.8) is 0 Å². The molecule has 2 aromatic rings. The van der Waals surface area contributed by atoms with Crippen molar-refractivity contribution in [2.75, 3.05) is 6.54 Å². The van der Waals surface area contributed by atoms with Crippen LogP contribution in [0.5, 0.6) is 0 Å². The molecular weight excluding hydrogens is 285 g/mol. The second-order valence-corrected chi connectivity index (χ2v) is 6.46. The molecule has 2 rings (SSSR count). The van der Waals surface area contributed by atoms with E-state index in [1.165, 1.54) is 4.88 Å². The van der Waals surface area contributed by atoms with Crippen molar-refractivity contribution in [1.82, 2.24) is 0 Å². The minimum Gasteiger partial charge on any atom is -0.330 e. The molecule has 96 valence electrons. The normalized spacial score (nSPS) is 14.4. The third kappa shape index (κ3) is 2.72. The van der Waals surface area contributed by atoms with E-state index in [1.54, 1.807) is 11.3 Å². The molecule has 0 spiro atoms. The molecule has 0 fully saturated rings. The fraction of sp³-hybridized carbons (Fsp3) is 0.286. The lowest BCUT2D eigenvalue weighted by molar-refractivity contribution is 0.485. The first kappa shape index (κ1) is 13.9. The van der Waals surface area contributed by atoms with Gasteiger partial charge in [0.2, 0.25) is 0 Å². The van der Waals surface area contributed by atoms with Gasteiger partial charge in [-0.25, -0.2) is 0 Å². The van der Waals surface area contributed by atoms with Crippen molar-refractivity contribution < 1.29 is 0 Å². The van der Waals surface area contributed by atoms with E-state index in [2.05, 4.69) is 18.4 Å². The van der Waals surface area contributed by atoms with Crippen LogP contribution in [-0.2, 0) is 11.8 Å². The second kappa shape index (κ2) is 5.62. The van der Waals surface area contributed by atoms with Gasteiger partial charge in [-0.3, -0.25) is 0 Å². The maximum Gasteiger partial charge on any atom is 0.0459 e. The first-order valence-electron chi connectivity index (χ1n) is 5.74. The van der Waals surface area contributed by atoms with Gasteiger partial charge in [0.05, 0.1) is 0 Å². The van der Waals surface area contributed by atoms with Crippen LogP contribution in [0.15, 0.2) is 35.7 Å². The van der Waals surface area contributed by atoms with Crippen LogP contribution in [0.2, 0.25) is 10.0 Å². The van der Waals surface area contributed by atoms with E-state index in [0.717, 1.165) is 12.0 Å². The summed E-state index contributed by atoms with van der Waals surface area (Å²) in [6.45, 7) is 2.62. The molecule has 1 nitrogen and oxygen atoms in total. The Balaban J connectivity index is 2.43. The van der Waals surface area contributed by atoms with Crippen molar-refractivity contribution in [2.24, 2.45) is 5.73 Å². The Morgan fingerprint density at radius 2 is 1.83 bits per heavy atom. The SMILES string of the molecule is CC(CN)(Cc1cccs1)c1c(Cl)cccc1Cl. The van der Waals surface area contributed by atoms with Crippen LogP contribution in [0.4, 0.5) is 0 Å². The molecule has 1 aromatic heterocycles. The summed E-state index contributed by atoms with van der Waals surface area (Å²) >= 11 is 14.3. The van der Waals surface area contributed by atoms with Gasteiger partial charge in [-0.15, -0.1) is 11.3 Å². The molecule has 0 radical (unpaired) electrons. The van der Waals surface area contributed by atoms with E-state index in [9.17, 15) is 0 Å². The summed E-state index contributed by atoms with van der Waals surface area (Å²) in [5.41, 5.74) is 6.69. The Labute approximate surface area is 122 Å². The fourth-order valence-corrected chi connectivity index (χ4v) is 3.88. The Hall–Kier alpha value is -0.540. The highest BCUT2D eigenvalue weighted by molar-refractivity contribution is 7.09. The first-order chi connectivity index (χ1) is 8.57. The first-order valence-corrected chi connectivity index (χ1v) is 7.37. The van der Waals surface area contributed by atoms with Gasteiger partial charge in [0, 0.05) is 26.9 Å². The maximum absolute atomic E-state index is 6.30. The van der Waals surface area contributed by atoms with Crippen molar-refractivity contribution in [3.05, 3.63) is 56.2 Å². The average molecular weight is 300 g/mol. The Morgan fingerprint density at radius 1 is 1.17 bits per heavy atom. The molecule has 1 unspecified atom stereocenters. The van der Waals surface area contributed by atoms with Crippen molar-refractivity contribution >= 4 is 34.5 Å². The third-order valence-corrected chi connectivity index (χ3v) is 4.67. The van der Waals surface area contributed by atoms with Crippen LogP contribution >= 0.6 is 34.5 Å². The standard InChI is InChI=1S/C14H15Cl2NS/c1-14(9-17,8-10-4-3-7-18-10)13-11(15)5-2-6-12(13)16/h2-7H,8-9,17H2,1H3. The summed E-state index contributed by atoms with van der Waals surface area (Å²) in [4.78, 5) is 1.29. The zero-order valence-corrected chi connectivity index (χ0v) is 12.4. The number of rotatable bonds is 4. The minimum absolute atomic E-state index is 0.236. The van der Waals surface area contributed by atoms with Gasteiger partial charge < -0.3 is 5.73 Å². The summed E-state index contributed by atoms with van der Waals surface area (Å²) in [6, 6.07) is 9.75. The molecule has 0 bridgehead atoms. The van der Waals surface area contributed by atoms with E-state index in [-0.39, 0.29) is 5.41 Å². The predicted molar refractivity (Wildman–Crippen MR) is 80.9 cm³/mol. The van der Waals surface area contributed by atoms with Crippen LogP contribution in [0.1, 0.15) is 17.4 Å². The monoisotopic (exact) mass is 299 g/mol. The number of thiophene rings is 1. The molecule has 0 saturated heterocycles. The second-order valence-electron chi connectivity index (χ2n) is 4.62. The van der Waals surface area contributed by atoms with Crippen LogP contribution in [-0.4, -0.2) is 6.54 Å². The fourth-order valence-electron chi connectivity index (χ4n) is 2.13. The number of halogens is 2. The smallest absolute Gasteiger partial charge is 0.0459 e. The van der Waals surface area contributed by atoms with Crippen molar-refractivity contribution in [3.8, 4) is 0 Å². The lowest BCUT2D eigenvalue weighted by Gasteiger charge is -2.30. The molecule has 0 amide bonds. The lowest BCUT2D eigenvalue weighted by Crippen LogP contribution is -2.34. The van der Waals surface area contributed by atoms with Gasteiger partial charge in [-0.05, 0) is 35.6 Å². The quantitative estimate of drug-likeness (QED) is 0.883. The van der Waals surface area contributed by atoms with Crippen LogP contribution < -0.4 is 5.73 Å². The Morgan fingerprint density at radius 3 is 2.33 bits per heavy atom. The topological polar surface area (TPSA) is 26.0 Å². The van der Waals surface area contributed by atoms with Crippen LogP contribution in [0.25, 0.3) is 0 Å². The van der Waals surface area contributed by atoms with E-state index < -0.39 is 0 Å². The molecule has 1 atom stereocenters. The number of nitrogens with two attached hydrogens (primary N) is 1. The number of benzene rings is 1. The molecule has 0 aliphatic rings. The summed E-state index contributed by atoms with van der Waals surface area (Å²) < 4.78 is 0. The summed E-state index contributed by atoms with van der Waals surface area (Å²) in [7, 11) is 0. The Kier molecular flexibility index (Phi) is 4.33. The van der Waals surface area contributed by atoms with E-state index in [1.807, 2.05) is 24.3 Å². The molecule has 1 aromatic carbocycles.